The molecule has 3 rings (SSSR count). The molecule has 1 aliphatic rings. The molecule has 2 aromatic rings. The maximum atomic E-state index is 12.5. The second-order valence-electron chi connectivity index (χ2n) is 7.73. The Hall–Kier alpha value is -2.47. The number of benzene rings is 2. The van der Waals surface area contributed by atoms with Crippen molar-refractivity contribution in [1.82, 2.24) is 5.32 Å². The molecule has 0 aliphatic carbocycles. The van der Waals surface area contributed by atoms with Gasteiger partial charge >= 0.3 is 0 Å². The van der Waals surface area contributed by atoms with Crippen LogP contribution in [-0.2, 0) is 10.5 Å². The first-order chi connectivity index (χ1) is 14.3. The zero-order valence-corrected chi connectivity index (χ0v) is 19.1. The molecule has 0 radical (unpaired) electrons. The Bertz CT molecular complexity index is 970. The quantitative estimate of drug-likeness (QED) is 0.649. The molecule has 0 saturated carbocycles. The molecule has 1 unspecified atom stereocenters. The van der Waals surface area contributed by atoms with E-state index in [0.717, 1.165) is 44.9 Å². The number of aryl methyl sites for hydroxylation is 2. The van der Waals surface area contributed by atoms with Crippen LogP contribution in [0.4, 0.5) is 0 Å². The number of fused-ring (bicyclic) bond motifs is 1. The molecule has 0 bridgehead atoms. The first kappa shape index (κ1) is 22.2. The molecular formula is C24H29NO4S. The van der Waals surface area contributed by atoms with Crippen molar-refractivity contribution in [2.45, 2.75) is 46.4 Å². The van der Waals surface area contributed by atoms with Crippen LogP contribution in [0.3, 0.4) is 0 Å². The Morgan fingerprint density at radius 2 is 1.77 bits per heavy atom. The molecule has 6 heteroatoms. The molecule has 1 heterocycles. The van der Waals surface area contributed by atoms with Crippen LogP contribution in [0.15, 0.2) is 24.3 Å². The minimum absolute atomic E-state index is 0.0170. The highest BCUT2D eigenvalue weighted by Gasteiger charge is 2.17. The number of ketones is 1. The maximum absolute atomic E-state index is 12.5. The van der Waals surface area contributed by atoms with Gasteiger partial charge in [0.1, 0.15) is 13.2 Å². The maximum Gasteiger partial charge on any atom is 0.230 e. The van der Waals surface area contributed by atoms with Gasteiger partial charge in [-0.2, -0.15) is 0 Å². The summed E-state index contributed by atoms with van der Waals surface area (Å²) in [5, 5.41) is 3.05. The molecule has 0 saturated heterocycles. The summed E-state index contributed by atoms with van der Waals surface area (Å²) < 4.78 is 11.2. The minimum Gasteiger partial charge on any atom is -0.486 e. The van der Waals surface area contributed by atoms with Crippen molar-refractivity contribution in [1.29, 1.82) is 0 Å². The number of hydrogen-bond donors (Lipinski definition) is 1. The van der Waals surface area contributed by atoms with Crippen LogP contribution >= 0.6 is 11.8 Å². The molecule has 0 fully saturated rings. The van der Waals surface area contributed by atoms with E-state index in [1.807, 2.05) is 39.0 Å². The van der Waals surface area contributed by atoms with Crippen LogP contribution in [0.2, 0.25) is 0 Å². The van der Waals surface area contributed by atoms with E-state index in [2.05, 4.69) is 18.3 Å². The highest BCUT2D eigenvalue weighted by Crippen LogP contribution is 2.32. The average Bonchev–Trinajstić information content (AvgIpc) is 2.69. The van der Waals surface area contributed by atoms with Gasteiger partial charge in [0.15, 0.2) is 17.3 Å². The fourth-order valence-corrected chi connectivity index (χ4v) is 4.95. The lowest BCUT2D eigenvalue weighted by atomic mass is 9.92. The molecule has 30 heavy (non-hydrogen) atoms. The fraction of sp³-hybridized carbons (Fsp3) is 0.417. The normalized spacial score (nSPS) is 13.6. The standard InChI is InChI=1S/C24H29NO4S/c1-14-10-15(2)24(18(5)26)16(3)20(14)12-30-13-23(27)25-17(4)19-6-7-21-22(11-19)29-9-8-28-21/h6-7,10-11,17H,8-9,12-13H2,1-5H3,(H,25,27). The second-order valence-corrected chi connectivity index (χ2v) is 8.72. The fourth-order valence-electron chi connectivity index (χ4n) is 3.93. The van der Waals surface area contributed by atoms with Crippen LogP contribution in [-0.4, -0.2) is 30.7 Å². The van der Waals surface area contributed by atoms with Gasteiger partial charge in [-0.1, -0.05) is 12.1 Å². The van der Waals surface area contributed by atoms with Crippen molar-refractivity contribution in [2.24, 2.45) is 0 Å². The molecule has 1 N–H and O–H groups in total. The summed E-state index contributed by atoms with van der Waals surface area (Å²) in [5.41, 5.74) is 6.12. The molecule has 1 amide bonds. The summed E-state index contributed by atoms with van der Waals surface area (Å²) in [6.07, 6.45) is 0. The Morgan fingerprint density at radius 3 is 2.47 bits per heavy atom. The Balaban J connectivity index is 1.58. The van der Waals surface area contributed by atoms with Gasteiger partial charge in [0.2, 0.25) is 5.91 Å². The number of amides is 1. The van der Waals surface area contributed by atoms with Crippen LogP contribution in [0.5, 0.6) is 11.5 Å². The number of rotatable bonds is 7. The third-order valence-electron chi connectivity index (χ3n) is 5.41. The zero-order chi connectivity index (χ0) is 21.8. The zero-order valence-electron chi connectivity index (χ0n) is 18.3. The first-order valence-electron chi connectivity index (χ1n) is 10.1. The van der Waals surface area contributed by atoms with Crippen molar-refractivity contribution < 1.29 is 19.1 Å². The number of carbonyl (C=O) groups excluding carboxylic acids is 2. The topological polar surface area (TPSA) is 64.6 Å². The van der Waals surface area contributed by atoms with E-state index in [0.29, 0.717) is 24.7 Å². The molecule has 160 valence electrons. The highest BCUT2D eigenvalue weighted by atomic mass is 32.2. The Labute approximate surface area is 182 Å². The van der Waals surface area contributed by atoms with Gasteiger partial charge in [-0.05, 0) is 74.6 Å². The lowest BCUT2D eigenvalue weighted by molar-refractivity contribution is -0.119. The van der Waals surface area contributed by atoms with E-state index in [4.69, 9.17) is 9.47 Å². The monoisotopic (exact) mass is 427 g/mol. The molecule has 5 nitrogen and oxygen atoms in total. The number of hydrogen-bond acceptors (Lipinski definition) is 5. The number of ether oxygens (including phenoxy) is 2. The van der Waals surface area contributed by atoms with Gasteiger partial charge in [-0.15, -0.1) is 11.8 Å². The van der Waals surface area contributed by atoms with Gasteiger partial charge < -0.3 is 14.8 Å². The van der Waals surface area contributed by atoms with Crippen LogP contribution < -0.4 is 14.8 Å². The number of carbonyl (C=O) groups is 2. The number of thioether (sulfide) groups is 1. The molecule has 1 aliphatic heterocycles. The number of Topliss-reactive ketones (excluding diaryl/α,β-unsaturated/α-hetero) is 1. The van der Waals surface area contributed by atoms with Crippen molar-refractivity contribution in [3.63, 3.8) is 0 Å². The second kappa shape index (κ2) is 9.56. The van der Waals surface area contributed by atoms with Gasteiger partial charge in [0.05, 0.1) is 11.8 Å². The smallest absolute Gasteiger partial charge is 0.230 e. The van der Waals surface area contributed by atoms with Gasteiger partial charge in [0, 0.05) is 11.3 Å². The van der Waals surface area contributed by atoms with E-state index >= 15 is 0 Å². The summed E-state index contributed by atoms with van der Waals surface area (Å²) in [5.74, 6) is 2.59. The number of nitrogens with one attached hydrogen (secondary N) is 1. The van der Waals surface area contributed by atoms with E-state index < -0.39 is 0 Å². The van der Waals surface area contributed by atoms with Gasteiger partial charge in [0.25, 0.3) is 0 Å². The third-order valence-corrected chi connectivity index (χ3v) is 6.37. The predicted octanol–water partition coefficient (Wildman–Crippen LogP) is 4.70. The summed E-state index contributed by atoms with van der Waals surface area (Å²) in [7, 11) is 0. The van der Waals surface area contributed by atoms with E-state index in [1.54, 1.807) is 18.7 Å². The predicted molar refractivity (Wildman–Crippen MR) is 121 cm³/mol. The summed E-state index contributed by atoms with van der Waals surface area (Å²) in [4.78, 5) is 24.5. The lowest BCUT2D eigenvalue weighted by Crippen LogP contribution is -2.28. The van der Waals surface area contributed by atoms with Gasteiger partial charge in [-0.3, -0.25) is 9.59 Å². The Morgan fingerprint density at radius 1 is 1.07 bits per heavy atom. The molecule has 0 spiro atoms. The third kappa shape index (κ3) is 4.98. The summed E-state index contributed by atoms with van der Waals surface area (Å²) in [6, 6.07) is 7.70. The van der Waals surface area contributed by atoms with Crippen molar-refractivity contribution >= 4 is 23.5 Å². The SMILES string of the molecule is CC(=O)c1c(C)cc(C)c(CSCC(=O)NC(C)c2ccc3c(c2)OCCO3)c1C. The van der Waals surface area contributed by atoms with Crippen molar-refractivity contribution in [2.75, 3.05) is 19.0 Å². The van der Waals surface area contributed by atoms with Gasteiger partial charge in [-0.25, -0.2) is 0 Å². The summed E-state index contributed by atoms with van der Waals surface area (Å²) in [6.45, 7) is 10.7. The first-order valence-corrected chi connectivity index (χ1v) is 11.3. The lowest BCUT2D eigenvalue weighted by Gasteiger charge is -2.21. The van der Waals surface area contributed by atoms with Crippen LogP contribution in [0.1, 0.15) is 58.1 Å². The van der Waals surface area contributed by atoms with Crippen molar-refractivity contribution in [3.05, 3.63) is 57.6 Å². The molecule has 0 aromatic heterocycles. The molecule has 1 atom stereocenters. The van der Waals surface area contributed by atoms with E-state index in [1.165, 1.54) is 0 Å². The molecule has 2 aromatic carbocycles. The van der Waals surface area contributed by atoms with E-state index in [9.17, 15) is 9.59 Å². The van der Waals surface area contributed by atoms with Crippen LogP contribution in [0.25, 0.3) is 0 Å². The van der Waals surface area contributed by atoms with E-state index in [-0.39, 0.29) is 17.7 Å². The highest BCUT2D eigenvalue weighted by molar-refractivity contribution is 7.99. The molecular weight excluding hydrogens is 398 g/mol. The average molecular weight is 428 g/mol. The largest absolute Gasteiger partial charge is 0.486 e. The minimum atomic E-state index is -0.124. The van der Waals surface area contributed by atoms with Crippen molar-refractivity contribution in [3.8, 4) is 11.5 Å². The summed E-state index contributed by atoms with van der Waals surface area (Å²) >= 11 is 1.56. The Kier molecular flexibility index (Phi) is 7.08. The van der Waals surface area contributed by atoms with Crippen LogP contribution in [0, 0.1) is 20.8 Å².